The fourth-order valence-corrected chi connectivity index (χ4v) is 2.12. The first-order valence-corrected chi connectivity index (χ1v) is 7.09. The van der Waals surface area contributed by atoms with Crippen molar-refractivity contribution in [2.24, 2.45) is 0 Å². The Balaban J connectivity index is 2.27. The molecule has 1 aliphatic heterocycles. The summed E-state index contributed by atoms with van der Waals surface area (Å²) in [5, 5.41) is 2.59. The lowest BCUT2D eigenvalue weighted by molar-refractivity contribution is 0.00578. The molecule has 1 amide bonds. The molecule has 0 spiro atoms. The number of nitrogens with one attached hydrogen (secondary N) is 1. The topological polar surface area (TPSA) is 66.0 Å². The van der Waals surface area contributed by atoms with Crippen LogP contribution >= 0.6 is 0 Å². The van der Waals surface area contributed by atoms with Crippen LogP contribution in [0, 0.1) is 0 Å². The zero-order valence-electron chi connectivity index (χ0n) is 13.9. The van der Waals surface area contributed by atoms with Gasteiger partial charge in [-0.1, -0.05) is 6.07 Å². The number of ether oxygens (including phenoxy) is 2. The van der Waals surface area contributed by atoms with E-state index in [-0.39, 0.29) is 0 Å². The predicted octanol–water partition coefficient (Wildman–Crippen LogP) is 2.17. The Labute approximate surface area is 131 Å². The van der Waals surface area contributed by atoms with E-state index in [9.17, 15) is 4.79 Å². The molecule has 0 saturated carbocycles. The van der Waals surface area contributed by atoms with Gasteiger partial charge in [0.2, 0.25) is 0 Å². The van der Waals surface area contributed by atoms with Crippen LogP contribution in [0.25, 0.3) is 0 Å². The van der Waals surface area contributed by atoms with Gasteiger partial charge in [0.15, 0.2) is 0 Å². The van der Waals surface area contributed by atoms with Gasteiger partial charge >= 0.3 is 13.2 Å². The van der Waals surface area contributed by atoms with Crippen molar-refractivity contribution in [1.29, 1.82) is 0 Å². The number of hydrogen-bond donors (Lipinski definition) is 1. The van der Waals surface area contributed by atoms with Crippen LogP contribution in [-0.4, -0.2) is 38.6 Å². The lowest BCUT2D eigenvalue weighted by Gasteiger charge is -2.32. The van der Waals surface area contributed by atoms with Crippen molar-refractivity contribution in [3.8, 4) is 5.75 Å². The molecule has 0 radical (unpaired) electrons. The van der Waals surface area contributed by atoms with E-state index in [1.807, 2.05) is 33.8 Å². The van der Waals surface area contributed by atoms with Crippen LogP contribution in [0.4, 0.5) is 10.5 Å². The molecule has 1 heterocycles. The molecule has 7 heteroatoms. The van der Waals surface area contributed by atoms with Crippen LogP contribution in [0.2, 0.25) is 0 Å². The Morgan fingerprint density at radius 2 is 1.73 bits per heavy atom. The maximum Gasteiger partial charge on any atom is 0.498 e. The summed E-state index contributed by atoms with van der Waals surface area (Å²) >= 11 is 0. The minimum Gasteiger partial charge on any atom is -0.497 e. The molecule has 2 rings (SSSR count). The van der Waals surface area contributed by atoms with E-state index in [0.29, 0.717) is 11.4 Å². The highest BCUT2D eigenvalue weighted by Gasteiger charge is 2.52. The standard InChI is InChI=1S/C15H22BNO5/c1-14(2)15(3,4)22-16(21-14)11-8-7-10(9-12(11)19-5)17-13(18)20-6/h7-9H,1-6H3,(H,17,18). The van der Waals surface area contributed by atoms with Gasteiger partial charge < -0.3 is 18.8 Å². The second kappa shape index (κ2) is 5.81. The van der Waals surface area contributed by atoms with Crippen molar-refractivity contribution in [2.75, 3.05) is 19.5 Å². The van der Waals surface area contributed by atoms with Gasteiger partial charge in [-0.05, 0) is 33.8 Å². The molecule has 0 aliphatic carbocycles. The number of benzene rings is 1. The number of carbonyl (C=O) groups excluding carboxylic acids is 1. The summed E-state index contributed by atoms with van der Waals surface area (Å²) in [6, 6.07) is 5.27. The lowest BCUT2D eigenvalue weighted by Crippen LogP contribution is -2.41. The number of anilines is 1. The van der Waals surface area contributed by atoms with E-state index >= 15 is 0 Å². The average molecular weight is 307 g/mol. The Hall–Kier alpha value is -1.73. The molecule has 1 aromatic rings. The Morgan fingerprint density at radius 1 is 1.14 bits per heavy atom. The third kappa shape index (κ3) is 3.05. The second-order valence-corrected chi connectivity index (χ2v) is 6.16. The minimum absolute atomic E-state index is 0.425. The van der Waals surface area contributed by atoms with Crippen molar-refractivity contribution in [3.05, 3.63) is 18.2 Å². The second-order valence-electron chi connectivity index (χ2n) is 6.16. The first-order chi connectivity index (χ1) is 10.2. The maximum atomic E-state index is 11.3. The maximum absolute atomic E-state index is 11.3. The first kappa shape index (κ1) is 16.6. The quantitative estimate of drug-likeness (QED) is 0.867. The number of carbonyl (C=O) groups is 1. The Kier molecular flexibility index (Phi) is 4.40. The van der Waals surface area contributed by atoms with Crippen LogP contribution in [0.15, 0.2) is 18.2 Å². The SMILES string of the molecule is COC(=O)Nc1ccc(B2OC(C)(C)C(C)(C)O2)c(OC)c1. The first-order valence-electron chi connectivity index (χ1n) is 7.09. The Morgan fingerprint density at radius 3 is 2.23 bits per heavy atom. The van der Waals surface area contributed by atoms with Crippen LogP contribution in [0.5, 0.6) is 5.75 Å². The van der Waals surface area contributed by atoms with Gasteiger partial charge in [-0.2, -0.15) is 0 Å². The molecule has 1 aliphatic rings. The summed E-state index contributed by atoms with van der Waals surface area (Å²) in [7, 11) is 2.35. The predicted molar refractivity (Wildman–Crippen MR) is 84.7 cm³/mol. The molecule has 6 nitrogen and oxygen atoms in total. The van der Waals surface area contributed by atoms with Crippen LogP contribution < -0.4 is 15.5 Å². The summed E-state index contributed by atoms with van der Waals surface area (Å²) in [4.78, 5) is 11.3. The zero-order valence-corrected chi connectivity index (χ0v) is 13.9. The molecule has 1 aromatic carbocycles. The molecule has 1 saturated heterocycles. The van der Waals surface area contributed by atoms with E-state index < -0.39 is 24.4 Å². The number of methoxy groups -OCH3 is 2. The van der Waals surface area contributed by atoms with Crippen LogP contribution in [-0.2, 0) is 14.0 Å². The molecule has 0 aromatic heterocycles. The molecule has 22 heavy (non-hydrogen) atoms. The highest BCUT2D eigenvalue weighted by atomic mass is 16.7. The molecule has 120 valence electrons. The molecular formula is C15H22BNO5. The summed E-state index contributed by atoms with van der Waals surface area (Å²) in [5.41, 5.74) is 0.498. The third-order valence-corrected chi connectivity index (χ3v) is 4.17. The van der Waals surface area contributed by atoms with Gasteiger partial charge in [0, 0.05) is 17.2 Å². The molecular weight excluding hydrogens is 285 g/mol. The van der Waals surface area contributed by atoms with Crippen molar-refractivity contribution in [1.82, 2.24) is 0 Å². The molecule has 0 atom stereocenters. The van der Waals surface area contributed by atoms with Crippen LogP contribution in [0.3, 0.4) is 0 Å². The molecule has 0 bridgehead atoms. The monoisotopic (exact) mass is 307 g/mol. The van der Waals surface area contributed by atoms with Gasteiger partial charge in [-0.15, -0.1) is 0 Å². The largest absolute Gasteiger partial charge is 0.498 e. The highest BCUT2D eigenvalue weighted by molar-refractivity contribution is 6.63. The van der Waals surface area contributed by atoms with Gasteiger partial charge in [0.05, 0.1) is 25.4 Å². The van der Waals surface area contributed by atoms with E-state index in [4.69, 9.17) is 14.0 Å². The third-order valence-electron chi connectivity index (χ3n) is 4.17. The van der Waals surface area contributed by atoms with Crippen molar-refractivity contribution >= 4 is 24.4 Å². The fraction of sp³-hybridized carbons (Fsp3) is 0.533. The summed E-state index contributed by atoms with van der Waals surface area (Å²) < 4.78 is 22.0. The fourth-order valence-electron chi connectivity index (χ4n) is 2.12. The summed E-state index contributed by atoms with van der Waals surface area (Å²) in [6.45, 7) is 7.97. The minimum atomic E-state index is -0.537. The van der Waals surface area contributed by atoms with Gasteiger partial charge in [0.1, 0.15) is 5.75 Å². The van der Waals surface area contributed by atoms with E-state index in [2.05, 4.69) is 10.1 Å². The Bertz CT molecular complexity index is 557. The van der Waals surface area contributed by atoms with Gasteiger partial charge in [-0.25, -0.2) is 4.79 Å². The highest BCUT2D eigenvalue weighted by Crippen LogP contribution is 2.37. The van der Waals surface area contributed by atoms with E-state index in [1.54, 1.807) is 19.2 Å². The number of rotatable bonds is 3. The van der Waals surface area contributed by atoms with Gasteiger partial charge in [-0.3, -0.25) is 5.32 Å². The number of amides is 1. The number of hydrogen-bond acceptors (Lipinski definition) is 5. The lowest BCUT2D eigenvalue weighted by atomic mass is 9.78. The van der Waals surface area contributed by atoms with Gasteiger partial charge in [0.25, 0.3) is 0 Å². The summed E-state index contributed by atoms with van der Waals surface area (Å²) in [5.74, 6) is 0.576. The van der Waals surface area contributed by atoms with Crippen molar-refractivity contribution in [3.63, 3.8) is 0 Å². The smallest absolute Gasteiger partial charge is 0.497 e. The van der Waals surface area contributed by atoms with Crippen molar-refractivity contribution < 1.29 is 23.6 Å². The molecule has 1 N–H and O–H groups in total. The summed E-state index contributed by atoms with van der Waals surface area (Å²) in [6.07, 6.45) is -0.537. The molecule has 0 unspecified atom stereocenters. The average Bonchev–Trinajstić information content (AvgIpc) is 2.66. The molecule has 1 fully saturated rings. The zero-order chi connectivity index (χ0) is 16.5. The van der Waals surface area contributed by atoms with Crippen molar-refractivity contribution in [2.45, 2.75) is 38.9 Å². The van der Waals surface area contributed by atoms with Crippen LogP contribution in [0.1, 0.15) is 27.7 Å². The normalized spacial score (nSPS) is 18.9. The van der Waals surface area contributed by atoms with E-state index in [0.717, 1.165) is 5.46 Å². The van der Waals surface area contributed by atoms with E-state index in [1.165, 1.54) is 7.11 Å².